The molecule has 0 saturated heterocycles. The number of rotatable bonds is 5. The van der Waals surface area contributed by atoms with Gasteiger partial charge in [0.2, 0.25) is 5.52 Å². The smallest absolute Gasteiger partial charge is 0.406 e. The lowest BCUT2D eigenvalue weighted by Gasteiger charge is -2.12. The fourth-order valence-corrected chi connectivity index (χ4v) is 2.77. The molecule has 0 atom stereocenters. The van der Waals surface area contributed by atoms with Crippen molar-refractivity contribution in [3.05, 3.63) is 69.6 Å². The number of esters is 2. The average Bonchev–Trinajstić information content (AvgIpc) is 2.71. The summed E-state index contributed by atoms with van der Waals surface area (Å²) in [5, 5.41) is 13.0. The van der Waals surface area contributed by atoms with E-state index in [4.69, 9.17) is 21.1 Å². The van der Waals surface area contributed by atoms with Gasteiger partial charge in [-0.2, -0.15) is 4.73 Å². The van der Waals surface area contributed by atoms with Crippen molar-refractivity contribution in [1.29, 1.82) is 0 Å². The van der Waals surface area contributed by atoms with Gasteiger partial charge in [-0.25, -0.2) is 14.6 Å². The fourth-order valence-electron chi connectivity index (χ4n) is 2.56. The molecule has 3 aromatic rings. The van der Waals surface area contributed by atoms with Crippen LogP contribution in [0.2, 0.25) is 5.02 Å². The Balaban J connectivity index is 2.00. The fraction of sp³-hybridized carbons (Fsp3) is 0.158. The van der Waals surface area contributed by atoms with Gasteiger partial charge in [0.25, 0.3) is 0 Å². The summed E-state index contributed by atoms with van der Waals surface area (Å²) >= 11 is 5.98. The number of hydrogen-bond donors (Lipinski definition) is 0. The van der Waals surface area contributed by atoms with Gasteiger partial charge in [-0.1, -0.05) is 23.7 Å². The molecule has 1 heterocycles. The third kappa shape index (κ3) is 3.67. The molecule has 0 aliphatic heterocycles. The lowest BCUT2D eigenvalue weighted by atomic mass is 10.2. The van der Waals surface area contributed by atoms with E-state index in [1.807, 2.05) is 0 Å². The average molecular weight is 403 g/mol. The van der Waals surface area contributed by atoms with Crippen LogP contribution < -0.4 is 9.47 Å². The van der Waals surface area contributed by atoms with Crippen molar-refractivity contribution in [1.82, 2.24) is 4.98 Å². The van der Waals surface area contributed by atoms with Crippen molar-refractivity contribution in [2.75, 3.05) is 14.2 Å². The molecule has 0 amide bonds. The zero-order valence-electron chi connectivity index (χ0n) is 15.0. The minimum atomic E-state index is -0.906. The molecule has 3 rings (SSSR count). The van der Waals surface area contributed by atoms with Gasteiger partial charge in [0.1, 0.15) is 17.9 Å². The standard InChI is InChI=1S/C19H15ClN2O6/c1-26-11-7-8-14-16(9-11)22(25)17(19(24)27-2)15(21-14)10-28-18(23)12-5-3-4-6-13(12)20/h3-9H,10H2,1-2H3. The lowest BCUT2D eigenvalue weighted by Crippen LogP contribution is -2.38. The summed E-state index contributed by atoms with van der Waals surface area (Å²) in [7, 11) is 2.59. The Hall–Kier alpha value is -3.39. The Morgan fingerprint density at radius 1 is 1.14 bits per heavy atom. The monoisotopic (exact) mass is 402 g/mol. The van der Waals surface area contributed by atoms with Gasteiger partial charge < -0.3 is 19.4 Å². The normalized spacial score (nSPS) is 10.5. The molecule has 1 aromatic heterocycles. The first-order chi connectivity index (χ1) is 13.5. The largest absolute Gasteiger partial charge is 0.618 e. The highest BCUT2D eigenvalue weighted by molar-refractivity contribution is 6.33. The van der Waals surface area contributed by atoms with E-state index in [2.05, 4.69) is 9.72 Å². The van der Waals surface area contributed by atoms with Gasteiger partial charge in [-0.3, -0.25) is 0 Å². The molecule has 0 fully saturated rings. The number of carbonyl (C=O) groups excluding carboxylic acids is 2. The zero-order chi connectivity index (χ0) is 20.3. The molecule has 144 valence electrons. The maximum absolute atomic E-state index is 12.7. The summed E-state index contributed by atoms with van der Waals surface area (Å²) in [5.74, 6) is -1.20. The predicted molar refractivity (Wildman–Crippen MR) is 99.2 cm³/mol. The maximum atomic E-state index is 12.7. The molecule has 28 heavy (non-hydrogen) atoms. The van der Waals surface area contributed by atoms with Gasteiger partial charge >= 0.3 is 17.6 Å². The first-order valence-corrected chi connectivity index (χ1v) is 8.44. The summed E-state index contributed by atoms with van der Waals surface area (Å²) < 4.78 is 15.4. The van der Waals surface area contributed by atoms with Crippen LogP contribution in [-0.2, 0) is 16.1 Å². The van der Waals surface area contributed by atoms with Crippen molar-refractivity contribution in [3.63, 3.8) is 0 Å². The van der Waals surface area contributed by atoms with Crippen LogP contribution in [0.15, 0.2) is 42.5 Å². The summed E-state index contributed by atoms with van der Waals surface area (Å²) in [6.45, 7) is -0.418. The predicted octanol–water partition coefficient (Wildman–Crippen LogP) is 2.67. The maximum Gasteiger partial charge on any atom is 0.406 e. The number of methoxy groups -OCH3 is 2. The molecule has 0 saturated carbocycles. The van der Waals surface area contributed by atoms with Gasteiger partial charge in [-0.15, -0.1) is 0 Å². The van der Waals surface area contributed by atoms with Gasteiger partial charge in [0.05, 0.1) is 30.9 Å². The molecule has 2 aromatic carbocycles. The van der Waals surface area contributed by atoms with E-state index in [0.29, 0.717) is 16.0 Å². The summed E-state index contributed by atoms with van der Waals surface area (Å²) in [6.07, 6.45) is 0. The van der Waals surface area contributed by atoms with E-state index in [0.717, 1.165) is 7.11 Å². The molecule has 0 unspecified atom stereocenters. The van der Waals surface area contributed by atoms with Crippen molar-refractivity contribution >= 4 is 34.6 Å². The van der Waals surface area contributed by atoms with Crippen molar-refractivity contribution < 1.29 is 28.5 Å². The van der Waals surface area contributed by atoms with E-state index in [-0.39, 0.29) is 27.5 Å². The molecule has 0 aliphatic carbocycles. The molecule has 0 bridgehead atoms. The molecule has 9 heteroatoms. The number of halogens is 1. The summed E-state index contributed by atoms with van der Waals surface area (Å²) in [4.78, 5) is 28.7. The van der Waals surface area contributed by atoms with Crippen LogP contribution in [0.25, 0.3) is 11.0 Å². The first-order valence-electron chi connectivity index (χ1n) is 8.06. The van der Waals surface area contributed by atoms with Crippen LogP contribution in [-0.4, -0.2) is 31.1 Å². The second-order valence-electron chi connectivity index (χ2n) is 5.60. The molecule has 8 nitrogen and oxygen atoms in total. The van der Waals surface area contributed by atoms with E-state index < -0.39 is 18.5 Å². The molecule has 0 N–H and O–H groups in total. The third-order valence-corrected chi connectivity index (χ3v) is 4.28. The van der Waals surface area contributed by atoms with Gasteiger partial charge in [0, 0.05) is 0 Å². The van der Waals surface area contributed by atoms with E-state index in [1.165, 1.54) is 19.2 Å². The summed E-state index contributed by atoms with van der Waals surface area (Å²) in [6, 6.07) is 11.0. The number of aromatic nitrogens is 2. The zero-order valence-corrected chi connectivity index (χ0v) is 15.7. The highest BCUT2D eigenvalue weighted by Crippen LogP contribution is 2.20. The summed E-state index contributed by atoms with van der Waals surface area (Å²) in [5.41, 5.74) is 0.146. The Morgan fingerprint density at radius 3 is 2.57 bits per heavy atom. The first kappa shape index (κ1) is 19.4. The molecular weight excluding hydrogens is 388 g/mol. The highest BCUT2D eigenvalue weighted by Gasteiger charge is 2.28. The highest BCUT2D eigenvalue weighted by atomic mass is 35.5. The second kappa shape index (κ2) is 8.10. The van der Waals surface area contributed by atoms with Gasteiger partial charge in [0.15, 0.2) is 5.69 Å². The lowest BCUT2D eigenvalue weighted by molar-refractivity contribution is -0.581. The Morgan fingerprint density at radius 2 is 1.89 bits per heavy atom. The Kier molecular flexibility index (Phi) is 5.60. The number of fused-ring (bicyclic) bond motifs is 1. The Labute approximate surface area is 164 Å². The topological polar surface area (TPSA) is 102 Å². The van der Waals surface area contributed by atoms with Crippen LogP contribution in [0.4, 0.5) is 0 Å². The molecular formula is C19H15ClN2O6. The molecule has 0 radical (unpaired) electrons. The van der Waals surface area contributed by atoms with Crippen LogP contribution in [0, 0.1) is 5.21 Å². The minimum absolute atomic E-state index is 0.0417. The van der Waals surface area contributed by atoms with Crippen molar-refractivity contribution in [2.24, 2.45) is 0 Å². The van der Waals surface area contributed by atoms with E-state index >= 15 is 0 Å². The van der Waals surface area contributed by atoms with Crippen LogP contribution >= 0.6 is 11.6 Å². The van der Waals surface area contributed by atoms with Gasteiger partial charge in [-0.05, 0) is 24.3 Å². The second-order valence-corrected chi connectivity index (χ2v) is 6.01. The van der Waals surface area contributed by atoms with Crippen LogP contribution in [0.5, 0.6) is 5.75 Å². The van der Waals surface area contributed by atoms with E-state index in [9.17, 15) is 14.8 Å². The van der Waals surface area contributed by atoms with E-state index in [1.54, 1.807) is 30.3 Å². The van der Waals surface area contributed by atoms with Crippen molar-refractivity contribution in [3.8, 4) is 5.75 Å². The number of nitrogens with zero attached hydrogens (tertiary/aromatic N) is 2. The number of ether oxygens (including phenoxy) is 3. The SMILES string of the molecule is COC(=O)c1c(COC(=O)c2ccccc2Cl)nc2ccc(OC)cc2[n+]1[O-]. The quantitative estimate of drug-likeness (QED) is 0.367. The van der Waals surface area contributed by atoms with Crippen LogP contribution in [0.1, 0.15) is 26.5 Å². The number of carbonyl (C=O) groups is 2. The third-order valence-electron chi connectivity index (χ3n) is 3.95. The number of benzene rings is 2. The molecule has 0 aliphatic rings. The van der Waals surface area contributed by atoms with Crippen molar-refractivity contribution in [2.45, 2.75) is 6.61 Å². The minimum Gasteiger partial charge on any atom is -0.618 e. The van der Waals surface area contributed by atoms with Crippen LogP contribution in [0.3, 0.4) is 0 Å². The number of hydrogen-bond acceptors (Lipinski definition) is 7. The Bertz CT molecular complexity index is 1070. The molecule has 0 spiro atoms.